The minimum Gasteiger partial charge on any atom is -0.492 e. The van der Waals surface area contributed by atoms with Crippen molar-refractivity contribution in [2.24, 2.45) is 0 Å². The molecule has 2 heterocycles. The molecule has 1 aromatic carbocycles. The summed E-state index contributed by atoms with van der Waals surface area (Å²) in [5.41, 5.74) is 0.958. The van der Waals surface area contributed by atoms with Crippen molar-refractivity contribution < 1.29 is 14.6 Å². The fourth-order valence-corrected chi connectivity index (χ4v) is 3.94. The van der Waals surface area contributed by atoms with Crippen molar-refractivity contribution in [3.05, 3.63) is 52.2 Å². The van der Waals surface area contributed by atoms with Crippen LogP contribution in [0.25, 0.3) is 0 Å². The van der Waals surface area contributed by atoms with Gasteiger partial charge in [-0.25, -0.2) is 0 Å². The van der Waals surface area contributed by atoms with Crippen molar-refractivity contribution in [2.75, 3.05) is 26.2 Å². The van der Waals surface area contributed by atoms with Gasteiger partial charge in [-0.15, -0.1) is 11.3 Å². The molecule has 1 aromatic heterocycles. The molecule has 1 aliphatic heterocycles. The molecule has 1 fully saturated rings. The van der Waals surface area contributed by atoms with E-state index in [0.717, 1.165) is 35.8 Å². The number of hydrogen-bond acceptors (Lipinski definition) is 4. The van der Waals surface area contributed by atoms with Crippen molar-refractivity contribution in [1.29, 1.82) is 0 Å². The highest BCUT2D eigenvalue weighted by Gasteiger charge is 2.23. The topological polar surface area (TPSA) is 49.8 Å². The van der Waals surface area contributed by atoms with Crippen molar-refractivity contribution in [3.8, 4) is 5.75 Å². The first-order chi connectivity index (χ1) is 11.7. The van der Waals surface area contributed by atoms with Gasteiger partial charge in [-0.05, 0) is 55.4 Å². The number of hydrogen-bond donors (Lipinski definition) is 1. The maximum atomic E-state index is 11.7. The Morgan fingerprint density at radius 2 is 2.00 bits per heavy atom. The first-order valence-corrected chi connectivity index (χ1v) is 9.31. The zero-order valence-corrected chi connectivity index (χ0v) is 14.5. The van der Waals surface area contributed by atoms with Crippen molar-refractivity contribution in [2.45, 2.75) is 25.2 Å². The molecular formula is C19H23NO3S. The molecule has 1 aliphatic rings. The van der Waals surface area contributed by atoms with Gasteiger partial charge in [-0.1, -0.05) is 24.3 Å². The van der Waals surface area contributed by atoms with Crippen LogP contribution < -0.4 is 4.74 Å². The largest absolute Gasteiger partial charge is 0.492 e. The highest BCUT2D eigenvalue weighted by atomic mass is 32.1. The van der Waals surface area contributed by atoms with Crippen LogP contribution in [0.4, 0.5) is 0 Å². The molecule has 3 rings (SSSR count). The summed E-state index contributed by atoms with van der Waals surface area (Å²) in [4.78, 5) is 15.0. The zero-order valence-electron chi connectivity index (χ0n) is 13.7. The quantitative estimate of drug-likeness (QED) is 0.794. The van der Waals surface area contributed by atoms with Crippen LogP contribution in [-0.4, -0.2) is 42.2 Å². The van der Waals surface area contributed by atoms with E-state index >= 15 is 0 Å². The molecule has 0 bridgehead atoms. The number of thiophene rings is 1. The lowest BCUT2D eigenvalue weighted by molar-refractivity contribution is -0.138. The van der Waals surface area contributed by atoms with E-state index in [-0.39, 0.29) is 0 Å². The second kappa shape index (κ2) is 8.31. The Morgan fingerprint density at radius 3 is 2.71 bits per heavy atom. The maximum absolute atomic E-state index is 11.7. The minimum atomic E-state index is -0.788. The van der Waals surface area contributed by atoms with Gasteiger partial charge < -0.3 is 9.84 Å². The van der Waals surface area contributed by atoms with Gasteiger partial charge in [-0.3, -0.25) is 9.69 Å². The van der Waals surface area contributed by atoms with Crippen LogP contribution in [0.3, 0.4) is 0 Å². The Morgan fingerprint density at radius 1 is 1.21 bits per heavy atom. The van der Waals surface area contributed by atoms with Gasteiger partial charge in [0.2, 0.25) is 0 Å². The van der Waals surface area contributed by atoms with Crippen LogP contribution in [0.15, 0.2) is 41.8 Å². The van der Waals surface area contributed by atoms with Gasteiger partial charge in [0.15, 0.2) is 0 Å². The molecule has 4 nitrogen and oxygen atoms in total. The van der Waals surface area contributed by atoms with E-state index in [9.17, 15) is 9.90 Å². The Kier molecular flexibility index (Phi) is 5.88. The molecule has 0 saturated carbocycles. The molecule has 0 spiro atoms. The number of rotatable bonds is 8. The fraction of sp³-hybridized carbons (Fsp3) is 0.421. The van der Waals surface area contributed by atoms with Gasteiger partial charge in [0.1, 0.15) is 12.4 Å². The molecule has 0 radical (unpaired) electrons. The standard InChI is InChI=1S/C19H23NO3S/c21-19(22)16(18-8-5-13-24-18)14-15-6-1-2-7-17(15)23-12-11-20-9-3-4-10-20/h1-2,5-8,13,16H,3-4,9-12,14H2,(H,21,22). The number of carboxylic acid groups (broad SMARTS) is 1. The van der Waals surface area contributed by atoms with E-state index in [4.69, 9.17) is 4.74 Å². The second-order valence-corrected chi connectivity index (χ2v) is 7.09. The van der Waals surface area contributed by atoms with Crippen LogP contribution in [0.5, 0.6) is 5.75 Å². The lowest BCUT2D eigenvalue weighted by Crippen LogP contribution is -2.25. The minimum absolute atomic E-state index is 0.454. The van der Waals surface area contributed by atoms with E-state index in [1.54, 1.807) is 0 Å². The summed E-state index contributed by atoms with van der Waals surface area (Å²) < 4.78 is 5.97. The van der Waals surface area contributed by atoms with Crippen LogP contribution in [0, 0.1) is 0 Å². The number of likely N-dealkylation sites (tertiary alicyclic amines) is 1. The number of ether oxygens (including phenoxy) is 1. The van der Waals surface area contributed by atoms with Crippen molar-refractivity contribution in [3.63, 3.8) is 0 Å². The molecule has 1 saturated heterocycles. The normalized spacial score (nSPS) is 16.2. The smallest absolute Gasteiger partial charge is 0.312 e. The molecule has 24 heavy (non-hydrogen) atoms. The van der Waals surface area contributed by atoms with E-state index < -0.39 is 11.9 Å². The van der Waals surface area contributed by atoms with Gasteiger partial charge in [0.05, 0.1) is 5.92 Å². The summed E-state index contributed by atoms with van der Waals surface area (Å²) in [6.07, 6.45) is 3.01. The lowest BCUT2D eigenvalue weighted by Gasteiger charge is -2.18. The predicted octanol–water partition coefficient (Wildman–Crippen LogP) is 3.63. The zero-order chi connectivity index (χ0) is 16.8. The number of para-hydroxylation sites is 1. The highest BCUT2D eigenvalue weighted by molar-refractivity contribution is 7.10. The van der Waals surface area contributed by atoms with Gasteiger partial charge in [-0.2, -0.15) is 0 Å². The molecule has 0 aliphatic carbocycles. The third-order valence-corrected chi connectivity index (χ3v) is 5.43. The molecular weight excluding hydrogens is 322 g/mol. The summed E-state index contributed by atoms with van der Waals surface area (Å²) in [6.45, 7) is 3.89. The monoisotopic (exact) mass is 345 g/mol. The Hall–Kier alpha value is -1.85. The second-order valence-electron chi connectivity index (χ2n) is 6.12. The average molecular weight is 345 g/mol. The average Bonchev–Trinajstić information content (AvgIpc) is 3.27. The summed E-state index contributed by atoms with van der Waals surface area (Å²) in [5, 5.41) is 11.5. The lowest BCUT2D eigenvalue weighted by atomic mass is 9.97. The number of carboxylic acids is 1. The molecule has 1 atom stereocenters. The molecule has 1 N–H and O–H groups in total. The highest BCUT2D eigenvalue weighted by Crippen LogP contribution is 2.29. The third kappa shape index (κ3) is 4.36. The number of benzene rings is 1. The summed E-state index contributed by atoms with van der Waals surface area (Å²) in [5.74, 6) is -0.503. The Balaban J connectivity index is 1.65. The molecule has 1 unspecified atom stereocenters. The van der Waals surface area contributed by atoms with Gasteiger partial charge in [0, 0.05) is 11.4 Å². The predicted molar refractivity (Wildman–Crippen MR) is 96.0 cm³/mol. The fourth-order valence-electron chi connectivity index (χ4n) is 3.12. The Labute approximate surface area is 146 Å². The van der Waals surface area contributed by atoms with E-state index in [1.165, 1.54) is 24.2 Å². The van der Waals surface area contributed by atoms with Crippen LogP contribution in [0.1, 0.15) is 29.2 Å². The van der Waals surface area contributed by atoms with Crippen molar-refractivity contribution in [1.82, 2.24) is 4.90 Å². The van der Waals surface area contributed by atoms with Crippen molar-refractivity contribution >= 4 is 17.3 Å². The van der Waals surface area contributed by atoms with E-state index in [1.807, 2.05) is 41.8 Å². The number of nitrogens with zero attached hydrogens (tertiary/aromatic N) is 1. The SMILES string of the molecule is O=C(O)C(Cc1ccccc1OCCN1CCCC1)c1cccs1. The molecule has 2 aromatic rings. The van der Waals surface area contributed by atoms with E-state index in [0.29, 0.717) is 13.0 Å². The van der Waals surface area contributed by atoms with Crippen LogP contribution in [-0.2, 0) is 11.2 Å². The Bertz CT molecular complexity index is 650. The van der Waals surface area contributed by atoms with E-state index in [2.05, 4.69) is 4.90 Å². The first kappa shape index (κ1) is 17.0. The summed E-state index contributed by atoms with van der Waals surface area (Å²) >= 11 is 1.49. The molecule has 5 heteroatoms. The van der Waals surface area contributed by atoms with Crippen LogP contribution >= 0.6 is 11.3 Å². The third-order valence-electron chi connectivity index (χ3n) is 4.45. The number of aliphatic carboxylic acids is 1. The summed E-state index contributed by atoms with van der Waals surface area (Å²) in [6, 6.07) is 11.6. The molecule has 0 amide bonds. The van der Waals surface area contributed by atoms with Crippen LogP contribution in [0.2, 0.25) is 0 Å². The summed E-state index contributed by atoms with van der Waals surface area (Å²) in [7, 11) is 0. The number of carbonyl (C=O) groups is 1. The van der Waals surface area contributed by atoms with Gasteiger partial charge >= 0.3 is 5.97 Å². The first-order valence-electron chi connectivity index (χ1n) is 8.43. The van der Waals surface area contributed by atoms with Gasteiger partial charge in [0.25, 0.3) is 0 Å². The molecule has 128 valence electrons. The maximum Gasteiger partial charge on any atom is 0.312 e.